The predicted octanol–water partition coefficient (Wildman–Crippen LogP) is 0.931. The molecule has 9 heteroatoms. The maximum absolute atomic E-state index is 11.7. The highest BCUT2D eigenvalue weighted by atomic mass is 16.6. The summed E-state index contributed by atoms with van der Waals surface area (Å²) in [5.41, 5.74) is 0.0708. The fourth-order valence-corrected chi connectivity index (χ4v) is 1.87. The summed E-state index contributed by atoms with van der Waals surface area (Å²) < 4.78 is 5.14. The molecule has 1 aromatic carbocycles. The Morgan fingerprint density at radius 2 is 2.00 bits per heavy atom. The number of ether oxygens (including phenoxy) is 1. The standard InChI is InChI=1S/C15H21N5O4/c1-15(2,3)24-14(23)16-11(9-21)8-20-18-13(17-19-20)10-4-6-12(22)7-5-10/h4-7,11,21-22H,8-9H2,1-3H3,(H,16,23)/t11-/m0/s1. The Morgan fingerprint density at radius 3 is 2.58 bits per heavy atom. The number of hydrogen-bond donors (Lipinski definition) is 3. The van der Waals surface area contributed by atoms with Gasteiger partial charge in [0, 0.05) is 5.56 Å². The molecule has 0 saturated carbocycles. The minimum atomic E-state index is -0.625. The van der Waals surface area contributed by atoms with Gasteiger partial charge in [0.05, 0.1) is 19.2 Å². The normalized spacial score (nSPS) is 12.7. The number of nitrogens with zero attached hydrogens (tertiary/aromatic N) is 4. The van der Waals surface area contributed by atoms with Crippen molar-refractivity contribution >= 4 is 6.09 Å². The van der Waals surface area contributed by atoms with E-state index in [0.717, 1.165) is 0 Å². The average molecular weight is 335 g/mol. The van der Waals surface area contributed by atoms with E-state index in [2.05, 4.69) is 20.7 Å². The van der Waals surface area contributed by atoms with Gasteiger partial charge in [-0.25, -0.2) is 4.79 Å². The number of aromatic nitrogens is 4. The molecule has 1 atom stereocenters. The molecule has 2 aromatic rings. The van der Waals surface area contributed by atoms with Gasteiger partial charge in [-0.05, 0) is 50.3 Å². The zero-order chi connectivity index (χ0) is 17.7. The highest BCUT2D eigenvalue weighted by Crippen LogP contribution is 2.17. The number of amides is 1. The van der Waals surface area contributed by atoms with Crippen LogP contribution in [0.4, 0.5) is 4.79 Å². The molecule has 0 spiro atoms. The van der Waals surface area contributed by atoms with Gasteiger partial charge < -0.3 is 20.3 Å². The minimum Gasteiger partial charge on any atom is -0.508 e. The number of nitrogens with one attached hydrogen (secondary N) is 1. The van der Waals surface area contributed by atoms with Crippen molar-refractivity contribution < 1.29 is 19.7 Å². The van der Waals surface area contributed by atoms with Crippen molar-refractivity contribution in [3.05, 3.63) is 24.3 Å². The number of carbonyl (C=O) groups is 1. The van der Waals surface area contributed by atoms with E-state index in [0.29, 0.717) is 11.4 Å². The Kier molecular flexibility index (Phi) is 5.35. The molecular weight excluding hydrogens is 314 g/mol. The van der Waals surface area contributed by atoms with Gasteiger partial charge >= 0.3 is 6.09 Å². The smallest absolute Gasteiger partial charge is 0.408 e. The number of aliphatic hydroxyl groups excluding tert-OH is 1. The predicted molar refractivity (Wildman–Crippen MR) is 85.2 cm³/mol. The molecule has 0 unspecified atom stereocenters. The molecule has 0 bridgehead atoms. The quantitative estimate of drug-likeness (QED) is 0.743. The fraction of sp³-hybridized carbons (Fsp3) is 0.467. The molecule has 0 saturated heterocycles. The Morgan fingerprint density at radius 1 is 1.33 bits per heavy atom. The second kappa shape index (κ2) is 7.26. The number of rotatable bonds is 5. The number of aromatic hydroxyl groups is 1. The van der Waals surface area contributed by atoms with Crippen LogP contribution in [-0.2, 0) is 11.3 Å². The van der Waals surface area contributed by atoms with Crippen LogP contribution in [-0.4, -0.2) is 54.8 Å². The summed E-state index contributed by atoms with van der Waals surface area (Å²) in [6.07, 6.45) is -0.625. The van der Waals surface area contributed by atoms with Crippen LogP contribution in [0.5, 0.6) is 5.75 Å². The monoisotopic (exact) mass is 335 g/mol. The van der Waals surface area contributed by atoms with Gasteiger partial charge in [-0.3, -0.25) is 0 Å². The largest absolute Gasteiger partial charge is 0.508 e. The van der Waals surface area contributed by atoms with E-state index in [1.165, 1.54) is 16.9 Å². The summed E-state index contributed by atoms with van der Waals surface area (Å²) in [4.78, 5) is 13.0. The lowest BCUT2D eigenvalue weighted by atomic mass is 10.2. The molecule has 1 aromatic heterocycles. The molecule has 3 N–H and O–H groups in total. The number of phenolic OH excluding ortho intramolecular Hbond substituents is 1. The van der Waals surface area contributed by atoms with Crippen LogP contribution in [0.15, 0.2) is 24.3 Å². The zero-order valence-electron chi connectivity index (χ0n) is 13.8. The molecule has 0 aliphatic heterocycles. The molecule has 0 radical (unpaired) electrons. The van der Waals surface area contributed by atoms with Crippen LogP contribution in [0.3, 0.4) is 0 Å². The van der Waals surface area contributed by atoms with Crippen molar-refractivity contribution in [2.24, 2.45) is 0 Å². The third-order valence-electron chi connectivity index (χ3n) is 2.90. The number of aliphatic hydroxyl groups is 1. The summed E-state index contributed by atoms with van der Waals surface area (Å²) in [6, 6.07) is 5.77. The van der Waals surface area contributed by atoms with Gasteiger partial charge in [0.2, 0.25) is 5.82 Å². The van der Waals surface area contributed by atoms with Gasteiger partial charge in [0.25, 0.3) is 0 Å². The van der Waals surface area contributed by atoms with E-state index in [9.17, 15) is 15.0 Å². The highest BCUT2D eigenvalue weighted by molar-refractivity contribution is 5.68. The third kappa shape index (κ3) is 5.20. The van der Waals surface area contributed by atoms with Crippen molar-refractivity contribution in [1.82, 2.24) is 25.5 Å². The maximum Gasteiger partial charge on any atom is 0.408 e. The number of benzene rings is 1. The Hall–Kier alpha value is -2.68. The van der Waals surface area contributed by atoms with Crippen LogP contribution < -0.4 is 5.32 Å². The number of hydrogen-bond acceptors (Lipinski definition) is 7. The number of phenols is 1. The van der Waals surface area contributed by atoms with Crippen molar-refractivity contribution in [2.45, 2.75) is 39.0 Å². The molecular formula is C15H21N5O4. The molecule has 1 amide bonds. The summed E-state index contributed by atoms with van der Waals surface area (Å²) in [5.74, 6) is 0.525. The van der Waals surface area contributed by atoms with E-state index in [1.54, 1.807) is 32.9 Å². The van der Waals surface area contributed by atoms with Gasteiger partial charge in [0.1, 0.15) is 11.4 Å². The zero-order valence-corrected chi connectivity index (χ0v) is 13.8. The maximum atomic E-state index is 11.7. The lowest BCUT2D eigenvalue weighted by molar-refractivity contribution is 0.0472. The average Bonchev–Trinajstić information content (AvgIpc) is 2.94. The van der Waals surface area contributed by atoms with E-state index >= 15 is 0 Å². The SMILES string of the molecule is CC(C)(C)OC(=O)N[C@H](CO)Cn1nnc(-c2ccc(O)cc2)n1. The van der Waals surface area contributed by atoms with Crippen LogP contribution in [0.25, 0.3) is 11.4 Å². The van der Waals surface area contributed by atoms with Crippen LogP contribution >= 0.6 is 0 Å². The lowest BCUT2D eigenvalue weighted by Gasteiger charge is -2.22. The van der Waals surface area contributed by atoms with Gasteiger partial charge in [-0.15, -0.1) is 10.2 Å². The second-order valence-electron chi connectivity index (χ2n) is 6.24. The molecule has 0 fully saturated rings. The molecule has 130 valence electrons. The first kappa shape index (κ1) is 17.7. The summed E-state index contributed by atoms with van der Waals surface area (Å²) in [7, 11) is 0. The van der Waals surface area contributed by atoms with Crippen molar-refractivity contribution in [3.8, 4) is 17.1 Å². The fourth-order valence-electron chi connectivity index (χ4n) is 1.87. The van der Waals surface area contributed by atoms with Crippen LogP contribution in [0.2, 0.25) is 0 Å². The summed E-state index contributed by atoms with van der Waals surface area (Å²) in [6.45, 7) is 5.10. The number of carbonyl (C=O) groups excluding carboxylic acids is 1. The van der Waals surface area contributed by atoms with E-state index in [-0.39, 0.29) is 18.9 Å². The van der Waals surface area contributed by atoms with Gasteiger partial charge in [-0.2, -0.15) is 4.80 Å². The number of alkyl carbamates (subject to hydrolysis) is 1. The first-order valence-electron chi connectivity index (χ1n) is 7.44. The highest BCUT2D eigenvalue weighted by Gasteiger charge is 2.20. The Bertz CT molecular complexity index is 678. The number of tetrazole rings is 1. The Labute approximate surface area is 139 Å². The van der Waals surface area contributed by atoms with Crippen molar-refractivity contribution in [2.75, 3.05) is 6.61 Å². The second-order valence-corrected chi connectivity index (χ2v) is 6.24. The molecule has 1 heterocycles. The van der Waals surface area contributed by atoms with E-state index in [4.69, 9.17) is 4.74 Å². The van der Waals surface area contributed by atoms with Gasteiger partial charge in [0.15, 0.2) is 0 Å². The minimum absolute atomic E-state index is 0.140. The topological polar surface area (TPSA) is 122 Å². The Balaban J connectivity index is 1.99. The molecule has 2 rings (SSSR count). The van der Waals surface area contributed by atoms with Crippen LogP contribution in [0.1, 0.15) is 20.8 Å². The van der Waals surface area contributed by atoms with E-state index in [1.807, 2.05) is 0 Å². The van der Waals surface area contributed by atoms with Crippen molar-refractivity contribution in [1.29, 1.82) is 0 Å². The van der Waals surface area contributed by atoms with Crippen LogP contribution in [0, 0.1) is 0 Å². The first-order chi connectivity index (χ1) is 11.3. The third-order valence-corrected chi connectivity index (χ3v) is 2.90. The van der Waals surface area contributed by atoms with E-state index < -0.39 is 17.7 Å². The first-order valence-corrected chi connectivity index (χ1v) is 7.44. The summed E-state index contributed by atoms with van der Waals surface area (Å²) >= 11 is 0. The van der Waals surface area contributed by atoms with Crippen molar-refractivity contribution in [3.63, 3.8) is 0 Å². The molecule has 0 aliphatic carbocycles. The molecule has 0 aliphatic rings. The summed E-state index contributed by atoms with van der Waals surface area (Å²) in [5, 5.41) is 33.2. The lowest BCUT2D eigenvalue weighted by Crippen LogP contribution is -2.43. The van der Waals surface area contributed by atoms with Gasteiger partial charge in [-0.1, -0.05) is 0 Å². The molecule has 24 heavy (non-hydrogen) atoms. The molecule has 9 nitrogen and oxygen atoms in total.